The molecule has 2 N–H and O–H groups in total. The first-order chi connectivity index (χ1) is 22.3. The minimum atomic E-state index is -6.22. The number of hydrogen-bond donors (Lipinski definition) is 2. The number of nitrogens with zero attached hydrogens (tertiary/aromatic N) is 4. The predicted octanol–water partition coefficient (Wildman–Crippen LogP) is 4.73. The van der Waals surface area contributed by atoms with Gasteiger partial charge in [-0.15, -0.1) is 0 Å². The maximum atomic E-state index is 14.0. The van der Waals surface area contributed by atoms with Gasteiger partial charge >= 0.3 is 21.6 Å². The fourth-order valence-corrected chi connectivity index (χ4v) is 6.89. The summed E-state index contributed by atoms with van der Waals surface area (Å²) in [5, 5.41) is 14.0. The molecule has 1 aromatic heterocycles. The van der Waals surface area contributed by atoms with Crippen LogP contribution in [0, 0.1) is 6.92 Å². The third-order valence-corrected chi connectivity index (χ3v) is 9.66. The third kappa shape index (κ3) is 6.70. The van der Waals surface area contributed by atoms with Crippen LogP contribution in [-0.2, 0) is 24.3 Å². The Bertz CT molecular complexity index is 1900. The van der Waals surface area contributed by atoms with Gasteiger partial charge in [-0.2, -0.15) is 21.6 Å². The Hall–Kier alpha value is -3.86. The highest BCUT2D eigenvalue weighted by Crippen LogP contribution is 2.40. The Morgan fingerprint density at radius 1 is 1.19 bits per heavy atom. The smallest absolute Gasteiger partial charge is 0.443 e. The topological polar surface area (TPSA) is 143 Å². The van der Waals surface area contributed by atoms with Crippen molar-refractivity contribution < 1.29 is 45.8 Å². The van der Waals surface area contributed by atoms with E-state index in [4.69, 9.17) is 21.1 Å². The van der Waals surface area contributed by atoms with E-state index in [1.807, 2.05) is 11.0 Å². The summed E-state index contributed by atoms with van der Waals surface area (Å²) in [5.41, 5.74) is -5.75. The third-order valence-electron chi connectivity index (χ3n) is 7.84. The van der Waals surface area contributed by atoms with E-state index in [9.17, 15) is 36.3 Å². The number of benzene rings is 2. The van der Waals surface area contributed by atoms with Crippen molar-refractivity contribution in [2.45, 2.75) is 57.9 Å². The molecular weight excluding hydrogens is 679 g/mol. The fourth-order valence-electron chi connectivity index (χ4n) is 5.64. The minimum Gasteiger partial charge on any atom is -0.443 e. The average Bonchev–Trinajstić information content (AvgIpc) is 3.49. The van der Waals surface area contributed by atoms with Crippen molar-refractivity contribution in [2.24, 2.45) is 0 Å². The Labute approximate surface area is 280 Å². The Morgan fingerprint density at radius 3 is 2.46 bits per heavy atom. The van der Waals surface area contributed by atoms with Crippen molar-refractivity contribution in [3.63, 3.8) is 0 Å². The molecule has 1 unspecified atom stereocenters. The number of sulfonamides is 1. The molecular formula is C31H35ClF3N5O7S. The zero-order valence-corrected chi connectivity index (χ0v) is 28.3. The van der Waals surface area contributed by atoms with Gasteiger partial charge in [-0.25, -0.2) is 18.7 Å². The summed E-state index contributed by atoms with van der Waals surface area (Å²) < 4.78 is 79.1. The van der Waals surface area contributed by atoms with Gasteiger partial charge in [0.05, 0.1) is 42.1 Å². The fraction of sp³-hybridized carbons (Fsp3) is 0.452. The van der Waals surface area contributed by atoms with E-state index in [0.29, 0.717) is 48.1 Å². The van der Waals surface area contributed by atoms with Gasteiger partial charge in [0.1, 0.15) is 11.2 Å². The van der Waals surface area contributed by atoms with Gasteiger partial charge in [0.2, 0.25) is 0 Å². The van der Waals surface area contributed by atoms with Gasteiger partial charge in [-0.1, -0.05) is 23.7 Å². The molecule has 12 nitrogen and oxygen atoms in total. The van der Waals surface area contributed by atoms with Gasteiger partial charge in [0.25, 0.3) is 5.91 Å². The number of aliphatic hydroxyl groups excluding tert-OH is 1. The van der Waals surface area contributed by atoms with Crippen LogP contribution in [0.2, 0.25) is 5.02 Å². The van der Waals surface area contributed by atoms with E-state index in [-0.39, 0.29) is 27.6 Å². The lowest BCUT2D eigenvalue weighted by Gasteiger charge is -2.29. The van der Waals surface area contributed by atoms with Crippen LogP contribution in [0.4, 0.5) is 23.7 Å². The molecule has 48 heavy (non-hydrogen) atoms. The van der Waals surface area contributed by atoms with Gasteiger partial charge in [-0.05, 0) is 70.0 Å². The molecule has 1 fully saturated rings. The molecule has 0 spiro atoms. The van der Waals surface area contributed by atoms with Crippen molar-refractivity contribution in [2.75, 3.05) is 37.7 Å². The van der Waals surface area contributed by atoms with Crippen LogP contribution < -0.4 is 10.2 Å². The molecule has 2 atom stereocenters. The van der Waals surface area contributed by atoms with E-state index in [1.54, 1.807) is 52.0 Å². The standard InChI is InChI=1S/C31H35ClF3N5O7S/c1-17-13-21(38-9-11-46-12-10-38)15-22-25(17)37-27(39(22)29(43)47-30(3,4)5)24-26(36-16-23(41)19-7-6-8-20(32)14-19)18(2)40(28(24)42)48(44,45)31(33,34)35/h6-8,13-15,18,23,36,41H,9-12,16H2,1-5H3/t18?,23-/m1/s1. The minimum absolute atomic E-state index is 0.184. The number of fused-ring (bicyclic) bond motifs is 1. The molecule has 2 aromatic carbocycles. The summed E-state index contributed by atoms with van der Waals surface area (Å²) in [7, 11) is -6.22. The second-order valence-electron chi connectivity index (χ2n) is 12.4. The zero-order valence-electron chi connectivity index (χ0n) is 26.8. The number of nitrogens with one attached hydrogen (secondary N) is 1. The quantitative estimate of drug-likeness (QED) is 0.353. The van der Waals surface area contributed by atoms with Gasteiger partial charge in [-0.3, -0.25) is 4.79 Å². The molecule has 0 radical (unpaired) electrons. The maximum Gasteiger partial charge on any atom is 0.516 e. The predicted molar refractivity (Wildman–Crippen MR) is 172 cm³/mol. The van der Waals surface area contributed by atoms with Crippen LogP contribution in [0.25, 0.3) is 16.6 Å². The summed E-state index contributed by atoms with van der Waals surface area (Å²) in [6, 6.07) is 7.94. The van der Waals surface area contributed by atoms with E-state index in [2.05, 4.69) is 10.3 Å². The van der Waals surface area contributed by atoms with Crippen LogP contribution in [0.15, 0.2) is 42.1 Å². The van der Waals surface area contributed by atoms with E-state index in [1.165, 1.54) is 6.07 Å². The first kappa shape index (κ1) is 35.4. The normalized spacial score (nSPS) is 18.5. The average molecular weight is 714 g/mol. The van der Waals surface area contributed by atoms with Crippen LogP contribution in [0.3, 0.4) is 0 Å². The summed E-state index contributed by atoms with van der Waals surface area (Å²) in [6.07, 6.45) is -2.28. The van der Waals surface area contributed by atoms with Gasteiger partial charge in [0, 0.05) is 30.3 Å². The number of carbonyl (C=O) groups excluding carboxylic acids is 2. The summed E-state index contributed by atoms with van der Waals surface area (Å²) in [4.78, 5) is 34.4. The van der Waals surface area contributed by atoms with E-state index in [0.717, 1.165) is 11.5 Å². The Kier molecular flexibility index (Phi) is 9.51. The Balaban J connectivity index is 1.73. The number of aromatic nitrogens is 2. The van der Waals surface area contributed by atoms with Crippen LogP contribution in [0.5, 0.6) is 0 Å². The van der Waals surface area contributed by atoms with Crippen molar-refractivity contribution in [3.05, 3.63) is 64.1 Å². The maximum absolute atomic E-state index is 14.0. The van der Waals surface area contributed by atoms with Gasteiger partial charge < -0.3 is 24.8 Å². The van der Waals surface area contributed by atoms with Crippen molar-refractivity contribution >= 4 is 55.9 Å². The number of imidazole rings is 1. The zero-order chi connectivity index (χ0) is 35.3. The van der Waals surface area contributed by atoms with Gasteiger partial charge in [0.15, 0.2) is 5.82 Å². The van der Waals surface area contributed by atoms with Crippen LogP contribution in [0.1, 0.15) is 50.8 Å². The van der Waals surface area contributed by atoms with Crippen molar-refractivity contribution in [1.82, 2.24) is 19.2 Å². The molecule has 0 aliphatic carbocycles. The lowest BCUT2D eigenvalue weighted by Crippen LogP contribution is -2.47. The summed E-state index contributed by atoms with van der Waals surface area (Å²) in [6.45, 7) is 9.29. The molecule has 0 bridgehead atoms. The van der Waals surface area contributed by atoms with Crippen LogP contribution in [-0.4, -0.2) is 89.4 Å². The lowest BCUT2D eigenvalue weighted by molar-refractivity contribution is -0.122. The summed E-state index contributed by atoms with van der Waals surface area (Å²) >= 11 is 6.05. The number of carbonyl (C=O) groups is 2. The molecule has 1 saturated heterocycles. The highest BCUT2D eigenvalue weighted by Gasteiger charge is 2.57. The molecule has 0 saturated carbocycles. The molecule has 17 heteroatoms. The first-order valence-corrected chi connectivity index (χ1v) is 16.8. The van der Waals surface area contributed by atoms with E-state index >= 15 is 0 Å². The van der Waals surface area contributed by atoms with Crippen molar-refractivity contribution in [1.29, 1.82) is 0 Å². The number of halogens is 4. The molecule has 3 heterocycles. The highest BCUT2D eigenvalue weighted by molar-refractivity contribution is 7.90. The van der Waals surface area contributed by atoms with E-state index < -0.39 is 56.7 Å². The molecule has 2 aliphatic rings. The largest absolute Gasteiger partial charge is 0.516 e. The number of hydrogen-bond acceptors (Lipinski definition) is 10. The second-order valence-corrected chi connectivity index (χ2v) is 14.7. The number of alkyl halides is 3. The van der Waals surface area contributed by atoms with Crippen molar-refractivity contribution in [3.8, 4) is 0 Å². The number of aryl methyl sites for hydroxylation is 1. The lowest BCUT2D eigenvalue weighted by atomic mass is 10.1. The monoisotopic (exact) mass is 713 g/mol. The number of ether oxygens (including phenoxy) is 2. The number of anilines is 1. The Morgan fingerprint density at radius 2 is 1.85 bits per heavy atom. The molecule has 5 rings (SSSR count). The molecule has 260 valence electrons. The first-order valence-electron chi connectivity index (χ1n) is 15.0. The second kappa shape index (κ2) is 12.9. The number of morpholine rings is 1. The number of rotatable bonds is 7. The summed E-state index contributed by atoms with van der Waals surface area (Å²) in [5.74, 6) is -2.00. The van der Waals surface area contributed by atoms with Crippen LogP contribution >= 0.6 is 11.6 Å². The SMILES string of the molecule is Cc1cc(N2CCOCC2)cc2c1nc(C1=C(NC[C@@H](O)c3cccc(Cl)c3)C(C)N(S(=O)(=O)C(F)(F)F)C1=O)n2C(=O)OC(C)(C)C. The number of aliphatic hydroxyl groups is 1. The molecule has 1 amide bonds. The highest BCUT2D eigenvalue weighted by atomic mass is 35.5. The molecule has 2 aliphatic heterocycles. The molecule has 3 aromatic rings. The number of amides is 1.